The molecule has 3 atom stereocenters. The van der Waals surface area contributed by atoms with Crippen molar-refractivity contribution in [2.45, 2.75) is 210 Å². The highest BCUT2D eigenvalue weighted by molar-refractivity contribution is 6.30. The minimum absolute atomic E-state index is 0.177. The molecule has 3 aliphatic carbocycles. The van der Waals surface area contributed by atoms with Crippen molar-refractivity contribution in [2.24, 2.45) is 23.7 Å². The number of halogens is 2. The van der Waals surface area contributed by atoms with Crippen molar-refractivity contribution in [1.29, 1.82) is 5.26 Å². The van der Waals surface area contributed by atoms with E-state index in [0.29, 0.717) is 47.9 Å². The van der Waals surface area contributed by atoms with Crippen molar-refractivity contribution < 1.29 is 47.1 Å². The van der Waals surface area contributed by atoms with Gasteiger partial charge in [-0.2, -0.15) is 5.26 Å². The van der Waals surface area contributed by atoms with Crippen molar-refractivity contribution >= 4 is 23.8 Å². The lowest BCUT2D eigenvalue weighted by Crippen LogP contribution is -2.48. The Balaban J connectivity index is 0.000000145. The number of amides is 2. The van der Waals surface area contributed by atoms with Crippen LogP contribution in [0.1, 0.15) is 214 Å². The largest absolute Gasteiger partial charge is 0.496 e. The Bertz CT molecular complexity index is 3710. The molecule has 14 rings (SSSR count). The highest BCUT2D eigenvalue weighted by atomic mass is 35.5. The van der Waals surface area contributed by atoms with Gasteiger partial charge in [0.05, 0.1) is 58.7 Å². The summed E-state index contributed by atoms with van der Waals surface area (Å²) in [5.41, 5.74) is 8.83. The molecule has 5 aromatic carbocycles. The van der Waals surface area contributed by atoms with Crippen molar-refractivity contribution in [2.75, 3.05) is 140 Å². The number of rotatable bonds is 19. The van der Waals surface area contributed by atoms with E-state index in [4.69, 9.17) is 44.8 Å². The molecule has 2 unspecified atom stereocenters. The molecule has 6 heterocycles. The molecule has 16 nitrogen and oxygen atoms in total. The number of carbonyl (C=O) groups excluding carboxylic acids is 2. The number of hydrogen-bond acceptors (Lipinski definition) is 14. The van der Waals surface area contributed by atoms with E-state index in [1.54, 1.807) is 54.1 Å². The predicted octanol–water partition coefficient (Wildman–Crippen LogP) is 19.1. The number of carbonyl (C=O) groups is 2. The Kier molecular flexibility index (Phi) is 30.7. The number of likely N-dealkylation sites (tertiary alicyclic amines) is 6. The van der Waals surface area contributed by atoms with Crippen molar-refractivity contribution in [1.82, 2.24) is 29.4 Å². The van der Waals surface area contributed by atoms with Crippen molar-refractivity contribution in [3.05, 3.63) is 141 Å². The van der Waals surface area contributed by atoms with Crippen LogP contribution in [-0.4, -0.2) is 194 Å². The maximum absolute atomic E-state index is 13.7. The Morgan fingerprint density at radius 2 is 1.02 bits per heavy atom. The zero-order valence-corrected chi connectivity index (χ0v) is 68.4. The van der Waals surface area contributed by atoms with Gasteiger partial charge in [0.15, 0.2) is 0 Å². The van der Waals surface area contributed by atoms with Gasteiger partial charge < -0.3 is 62.6 Å². The monoisotopic (exact) mass is 1520 g/mol. The van der Waals surface area contributed by atoms with Crippen LogP contribution in [-0.2, 0) is 25.2 Å². The SMILES string of the molecule is CCOC(=O)N1CCC(CN2CCC(OC)(c3cc(Cl)ccc3OC)CC2)CC1.CCOC(=O)N1CCC(N2CCC(c3cc(F)ccc3OC)CC2)CC1.COc1ccc(-c2ccc(C(C)(C)C#N)cc2)cc1C1CCN(C2CCCCC2)CC1.COc1ccc(C)cc1C1CCN(CC2C[C@H]3CCC2C3)CC1. The van der Waals surface area contributed by atoms with Gasteiger partial charge in [0.25, 0.3) is 0 Å². The van der Waals surface area contributed by atoms with Crippen LogP contribution in [0.3, 0.4) is 0 Å². The molecule has 6 aliphatic heterocycles. The highest BCUT2D eigenvalue weighted by Gasteiger charge is 2.42. The number of hydrogen-bond donors (Lipinski definition) is 0. The molecule has 6 saturated heterocycles. The number of piperidine rings is 6. The van der Waals surface area contributed by atoms with E-state index in [0.717, 1.165) is 174 Å². The lowest BCUT2D eigenvalue weighted by atomic mass is 9.83. The van der Waals surface area contributed by atoms with Gasteiger partial charge >= 0.3 is 12.2 Å². The molecule has 109 heavy (non-hydrogen) atoms. The fraction of sp³-hybridized carbons (Fsp3) is 0.637. The molecule has 0 N–H and O–H groups in total. The van der Waals surface area contributed by atoms with E-state index >= 15 is 0 Å². The van der Waals surface area contributed by atoms with Crippen molar-refractivity contribution in [3.8, 4) is 40.2 Å². The maximum Gasteiger partial charge on any atom is 0.409 e. The number of aryl methyl sites for hydroxylation is 1. The molecule has 0 radical (unpaired) electrons. The first kappa shape index (κ1) is 83.3. The summed E-state index contributed by atoms with van der Waals surface area (Å²) < 4.78 is 52.3. The van der Waals surface area contributed by atoms with Crippen LogP contribution in [0.2, 0.25) is 5.02 Å². The van der Waals surface area contributed by atoms with Crippen LogP contribution in [0.15, 0.2) is 97.1 Å². The second-order valence-electron chi connectivity index (χ2n) is 33.2. The summed E-state index contributed by atoms with van der Waals surface area (Å²) in [6, 6.07) is 36.0. The Morgan fingerprint density at radius 1 is 0.523 bits per heavy atom. The van der Waals surface area contributed by atoms with Crippen LogP contribution in [0, 0.1) is 47.7 Å². The van der Waals surface area contributed by atoms with E-state index < -0.39 is 5.41 Å². The third-order valence-electron chi connectivity index (χ3n) is 26.3. The average Bonchev–Trinajstić information content (AvgIpc) is 1.25. The number of nitriles is 1. The summed E-state index contributed by atoms with van der Waals surface area (Å²) in [6.45, 7) is 25.2. The minimum Gasteiger partial charge on any atom is -0.496 e. The number of fused-ring (bicyclic) bond motifs is 2. The first-order valence-corrected chi connectivity index (χ1v) is 42.1. The van der Waals surface area contributed by atoms with Crippen LogP contribution < -0.4 is 18.9 Å². The fourth-order valence-electron chi connectivity index (χ4n) is 19.8. The van der Waals surface area contributed by atoms with Gasteiger partial charge in [0.2, 0.25) is 0 Å². The number of nitrogens with zero attached hydrogens (tertiary/aromatic N) is 7. The molecule has 3 saturated carbocycles. The van der Waals surface area contributed by atoms with E-state index in [2.05, 4.69) is 93.3 Å². The summed E-state index contributed by atoms with van der Waals surface area (Å²) in [7, 11) is 8.70. The number of benzene rings is 5. The Morgan fingerprint density at radius 3 is 1.54 bits per heavy atom. The molecule has 9 fully saturated rings. The van der Waals surface area contributed by atoms with E-state index in [1.165, 1.54) is 144 Å². The molecule has 9 aliphatic rings. The first-order valence-electron chi connectivity index (χ1n) is 41.7. The van der Waals surface area contributed by atoms with Gasteiger partial charge in [0.1, 0.15) is 28.8 Å². The molecule has 5 aromatic rings. The summed E-state index contributed by atoms with van der Waals surface area (Å²) >= 11 is 6.26. The van der Waals surface area contributed by atoms with Crippen molar-refractivity contribution in [3.63, 3.8) is 0 Å². The predicted molar refractivity (Wildman–Crippen MR) is 434 cm³/mol. The third-order valence-corrected chi connectivity index (χ3v) is 26.6. The van der Waals surface area contributed by atoms with Gasteiger partial charge in [-0.1, -0.05) is 85.3 Å². The van der Waals surface area contributed by atoms with Gasteiger partial charge in [-0.05, 0) is 307 Å². The zero-order chi connectivity index (χ0) is 77.0. The molecular weight excluding hydrogens is 1390 g/mol. The molecule has 0 spiro atoms. The van der Waals surface area contributed by atoms with Crippen LogP contribution in [0.25, 0.3) is 11.1 Å². The van der Waals surface area contributed by atoms with E-state index in [-0.39, 0.29) is 23.6 Å². The lowest BCUT2D eigenvalue weighted by Gasteiger charge is -2.43. The summed E-state index contributed by atoms with van der Waals surface area (Å²) in [5.74, 6) is 8.88. The molecule has 18 heteroatoms. The smallest absolute Gasteiger partial charge is 0.409 e. The minimum atomic E-state index is -0.462. The molecule has 596 valence electrons. The topological polar surface area (TPSA) is 142 Å². The highest BCUT2D eigenvalue weighted by Crippen LogP contribution is 2.50. The third kappa shape index (κ3) is 21.8. The van der Waals surface area contributed by atoms with Crippen LogP contribution >= 0.6 is 11.6 Å². The van der Waals surface area contributed by atoms with Gasteiger partial charge in [0, 0.05) is 87.7 Å². The second-order valence-corrected chi connectivity index (χ2v) is 33.7. The van der Waals surface area contributed by atoms with E-state index in [1.807, 2.05) is 55.7 Å². The molecule has 2 amide bonds. The van der Waals surface area contributed by atoms with Gasteiger partial charge in [-0.3, -0.25) is 0 Å². The van der Waals surface area contributed by atoms with E-state index in [9.17, 15) is 19.2 Å². The van der Waals surface area contributed by atoms with Crippen LogP contribution in [0.5, 0.6) is 23.0 Å². The van der Waals surface area contributed by atoms with Gasteiger partial charge in [-0.25, -0.2) is 14.0 Å². The molecule has 2 bridgehead atoms. The lowest BCUT2D eigenvalue weighted by molar-refractivity contribution is -0.0664. The number of ether oxygens (including phenoxy) is 7. The second kappa shape index (κ2) is 40.2. The fourth-order valence-corrected chi connectivity index (χ4v) is 19.9. The molecular formula is C91H129ClFN7O9. The normalized spacial score (nSPS) is 22.4. The summed E-state index contributed by atoms with van der Waals surface area (Å²) in [4.78, 5) is 37.9. The standard InChI is InChI=1S/C28H36N2O.C22H33ClN2O4.C21H31NO.C20H29FN2O3/c1-28(2,20-29)24-12-9-21(10-13-24)23-11-14-27(31-3)26(19-23)22-15-17-30(18-16-22)25-7-5-4-6-8-25;1-4-29-21(26)25-11-7-17(8-12-25)16-24-13-9-22(28-3,10-14-24)19-15-18(23)5-6-20(19)27-2;1-15-3-6-21(23-2)20(11-15)17-7-9-22(10-8-17)14-19-13-16-4-5-18(19)12-16;1-3-26-20(24)23-12-8-17(9-13-23)22-10-6-15(7-11-22)18-14-16(21)4-5-19(18)25-2/h9-14,19,22,25H,4-8,15-18H2,1-3H3;5-6,15,17H,4,7-14,16H2,1-3H3;3,6,11,16-19H,4-5,7-10,12-14H2,1-2H3;4-5,14-15,17H,3,6-13H2,1-2H3/t;;16-,18?,19?;/m..0./s1. The van der Waals surface area contributed by atoms with Gasteiger partial charge in [-0.15, -0.1) is 0 Å². The Hall–Kier alpha value is -6.65. The average molecular weight is 1520 g/mol. The quantitative estimate of drug-likeness (QED) is 0.0774. The Labute approximate surface area is 657 Å². The maximum atomic E-state index is 13.7. The zero-order valence-electron chi connectivity index (χ0n) is 67.7. The first-order chi connectivity index (χ1) is 52.9. The van der Waals surface area contributed by atoms with Crippen LogP contribution in [0.4, 0.5) is 14.0 Å². The summed E-state index contributed by atoms with van der Waals surface area (Å²) in [6.07, 6.45) is 25.7. The number of methoxy groups -OCH3 is 5. The summed E-state index contributed by atoms with van der Waals surface area (Å²) in [5, 5.41) is 10.1. The molecule has 0 aromatic heterocycles.